The normalized spacial score (nSPS) is 12.1. The lowest BCUT2D eigenvalue weighted by molar-refractivity contribution is 0.199. The van der Waals surface area contributed by atoms with Crippen molar-refractivity contribution >= 4 is 23.4 Å². The molecule has 0 amide bonds. The first-order chi connectivity index (χ1) is 14.0. The summed E-state index contributed by atoms with van der Waals surface area (Å²) in [6.45, 7) is 1.76. The van der Waals surface area contributed by atoms with Gasteiger partial charge in [-0.2, -0.15) is 0 Å². The van der Waals surface area contributed by atoms with E-state index in [2.05, 4.69) is 9.55 Å². The van der Waals surface area contributed by atoms with Crippen molar-refractivity contribution in [1.29, 1.82) is 0 Å². The van der Waals surface area contributed by atoms with E-state index in [4.69, 9.17) is 16.6 Å². The van der Waals surface area contributed by atoms with Gasteiger partial charge in [-0.1, -0.05) is 53.7 Å². The van der Waals surface area contributed by atoms with Crippen molar-refractivity contribution in [3.05, 3.63) is 83.5 Å². The highest BCUT2D eigenvalue weighted by Crippen LogP contribution is 2.38. The fourth-order valence-corrected chi connectivity index (χ4v) is 4.15. The van der Waals surface area contributed by atoms with Gasteiger partial charge in [0.1, 0.15) is 16.4 Å². The van der Waals surface area contributed by atoms with Gasteiger partial charge in [0, 0.05) is 28.7 Å². The zero-order valence-electron chi connectivity index (χ0n) is 16.1. The van der Waals surface area contributed by atoms with Crippen molar-refractivity contribution in [3.63, 3.8) is 0 Å². The first-order valence-electron chi connectivity index (χ1n) is 9.23. The van der Waals surface area contributed by atoms with Gasteiger partial charge in [-0.05, 0) is 48.9 Å². The largest absolute Gasteiger partial charge is 0.389 e. The lowest BCUT2D eigenvalue weighted by atomic mass is 10.1. The van der Waals surface area contributed by atoms with Crippen LogP contribution in [0.15, 0.2) is 82.8 Å². The molecule has 2 aromatic heterocycles. The summed E-state index contributed by atoms with van der Waals surface area (Å²) in [4.78, 5) is 10.5. The lowest BCUT2D eigenvalue weighted by Gasteiger charge is -2.09. The Kier molecular flexibility index (Phi) is 5.72. The maximum absolute atomic E-state index is 9.81. The Hall–Kier alpha value is -2.60. The number of aliphatic hydroxyl groups is 1. The molecule has 0 fully saturated rings. The molecule has 0 saturated heterocycles. The Morgan fingerprint density at radius 1 is 1.00 bits per heavy atom. The van der Waals surface area contributed by atoms with E-state index in [0.717, 1.165) is 38.3 Å². The van der Waals surface area contributed by atoms with Crippen LogP contribution in [0.2, 0.25) is 5.02 Å². The molecule has 0 bridgehead atoms. The molecule has 1 atom stereocenters. The highest BCUT2D eigenvalue weighted by molar-refractivity contribution is 7.99. The van der Waals surface area contributed by atoms with Crippen molar-refractivity contribution < 1.29 is 5.11 Å². The summed E-state index contributed by atoms with van der Waals surface area (Å²) in [6, 6.07) is 21.5. The number of hydrogen-bond acceptors (Lipinski definition) is 4. The van der Waals surface area contributed by atoms with E-state index in [1.165, 1.54) is 0 Å². The molecule has 2 heterocycles. The van der Waals surface area contributed by atoms with Crippen molar-refractivity contribution in [2.45, 2.75) is 22.9 Å². The first kappa shape index (κ1) is 19.7. The Bertz CT molecular complexity index is 1110. The molecule has 0 aliphatic carbocycles. The summed E-state index contributed by atoms with van der Waals surface area (Å²) < 4.78 is 2.07. The van der Waals surface area contributed by atoms with Gasteiger partial charge in [-0.15, -0.1) is 0 Å². The molecule has 1 unspecified atom stereocenters. The van der Waals surface area contributed by atoms with E-state index < -0.39 is 6.10 Å². The Morgan fingerprint density at radius 3 is 2.34 bits per heavy atom. The minimum absolute atomic E-state index is 0.500. The molecular weight excluding hydrogens is 402 g/mol. The summed E-state index contributed by atoms with van der Waals surface area (Å²) >= 11 is 7.68. The third kappa shape index (κ3) is 4.22. The van der Waals surface area contributed by atoms with Crippen molar-refractivity contribution in [3.8, 4) is 22.8 Å². The molecule has 6 heteroatoms. The average Bonchev–Trinajstić information content (AvgIpc) is 3.06. The standard InChI is InChI=1S/C23H20ClN3OS/c1-15(28)16-6-8-17(9-7-16)21-23(29-19-12-10-18(24)11-13-19)27(2)22(26-21)20-5-3-4-14-25-20/h3-15,28H,1-2H3. The van der Waals surface area contributed by atoms with E-state index in [1.807, 2.05) is 73.8 Å². The van der Waals surface area contributed by atoms with Crippen LogP contribution in [0.4, 0.5) is 0 Å². The minimum Gasteiger partial charge on any atom is -0.389 e. The minimum atomic E-state index is -0.500. The molecule has 0 spiro atoms. The summed E-state index contributed by atoms with van der Waals surface area (Å²) in [7, 11) is 2.00. The number of hydrogen-bond donors (Lipinski definition) is 1. The first-order valence-corrected chi connectivity index (χ1v) is 10.4. The molecule has 4 rings (SSSR count). The van der Waals surface area contributed by atoms with Gasteiger partial charge in [-0.3, -0.25) is 4.98 Å². The molecule has 0 aliphatic heterocycles. The molecule has 0 saturated carbocycles. The van der Waals surface area contributed by atoms with Crippen LogP contribution in [0.25, 0.3) is 22.8 Å². The second-order valence-corrected chi connectivity index (χ2v) is 8.22. The molecule has 29 heavy (non-hydrogen) atoms. The number of aliphatic hydroxyl groups excluding tert-OH is 1. The molecule has 0 radical (unpaired) electrons. The quantitative estimate of drug-likeness (QED) is 0.429. The fraction of sp³-hybridized carbons (Fsp3) is 0.130. The van der Waals surface area contributed by atoms with Gasteiger partial charge >= 0.3 is 0 Å². The molecule has 4 nitrogen and oxygen atoms in total. The number of rotatable bonds is 5. The van der Waals surface area contributed by atoms with E-state index in [9.17, 15) is 5.11 Å². The predicted octanol–water partition coefficient (Wildman–Crippen LogP) is 6.01. The topological polar surface area (TPSA) is 50.9 Å². The number of imidazole rings is 1. The molecule has 146 valence electrons. The van der Waals surface area contributed by atoms with Gasteiger partial charge in [-0.25, -0.2) is 4.98 Å². The van der Waals surface area contributed by atoms with E-state index >= 15 is 0 Å². The van der Waals surface area contributed by atoms with Crippen LogP contribution in [0.5, 0.6) is 0 Å². The fourth-order valence-electron chi connectivity index (χ4n) is 3.05. The monoisotopic (exact) mass is 421 g/mol. The Labute approximate surface area is 179 Å². The van der Waals surface area contributed by atoms with Crippen LogP contribution in [-0.4, -0.2) is 19.6 Å². The third-order valence-electron chi connectivity index (χ3n) is 4.63. The van der Waals surface area contributed by atoms with Crippen LogP contribution in [0.1, 0.15) is 18.6 Å². The molecular formula is C23H20ClN3OS. The maximum atomic E-state index is 9.81. The maximum Gasteiger partial charge on any atom is 0.159 e. The predicted molar refractivity (Wildman–Crippen MR) is 118 cm³/mol. The zero-order chi connectivity index (χ0) is 20.4. The van der Waals surface area contributed by atoms with Gasteiger partial charge in [0.05, 0.1) is 6.10 Å². The Balaban J connectivity index is 1.82. The number of pyridine rings is 1. The highest BCUT2D eigenvalue weighted by atomic mass is 35.5. The third-order valence-corrected chi connectivity index (χ3v) is 6.05. The van der Waals surface area contributed by atoms with Crippen LogP contribution in [0, 0.1) is 0 Å². The van der Waals surface area contributed by atoms with Crippen molar-refractivity contribution in [2.24, 2.45) is 7.05 Å². The lowest BCUT2D eigenvalue weighted by Crippen LogP contribution is -1.96. The van der Waals surface area contributed by atoms with Gasteiger partial charge in [0.25, 0.3) is 0 Å². The SMILES string of the molecule is CC(O)c1ccc(-c2nc(-c3ccccn3)n(C)c2Sc2ccc(Cl)cc2)cc1. The molecule has 2 aromatic carbocycles. The van der Waals surface area contributed by atoms with Gasteiger partial charge in [0.15, 0.2) is 5.82 Å². The van der Waals surface area contributed by atoms with Crippen LogP contribution in [-0.2, 0) is 7.05 Å². The number of nitrogens with zero attached hydrogens (tertiary/aromatic N) is 3. The average molecular weight is 422 g/mol. The zero-order valence-corrected chi connectivity index (χ0v) is 17.7. The smallest absolute Gasteiger partial charge is 0.159 e. The van der Waals surface area contributed by atoms with E-state index in [1.54, 1.807) is 24.9 Å². The molecule has 1 N–H and O–H groups in total. The van der Waals surface area contributed by atoms with Crippen molar-refractivity contribution in [2.75, 3.05) is 0 Å². The van der Waals surface area contributed by atoms with Gasteiger partial charge in [0.2, 0.25) is 0 Å². The second-order valence-electron chi connectivity index (χ2n) is 6.72. The number of halogens is 1. The summed E-state index contributed by atoms with van der Waals surface area (Å²) in [5, 5.41) is 11.5. The summed E-state index contributed by atoms with van der Waals surface area (Å²) in [6.07, 6.45) is 1.27. The van der Waals surface area contributed by atoms with Crippen LogP contribution in [0.3, 0.4) is 0 Å². The summed E-state index contributed by atoms with van der Waals surface area (Å²) in [5.74, 6) is 0.802. The summed E-state index contributed by atoms with van der Waals surface area (Å²) in [5.41, 5.74) is 3.57. The number of benzene rings is 2. The van der Waals surface area contributed by atoms with E-state index in [-0.39, 0.29) is 0 Å². The number of aromatic nitrogens is 3. The Morgan fingerprint density at radius 2 is 1.72 bits per heavy atom. The van der Waals surface area contributed by atoms with Gasteiger partial charge < -0.3 is 9.67 Å². The van der Waals surface area contributed by atoms with Crippen LogP contribution >= 0.6 is 23.4 Å². The van der Waals surface area contributed by atoms with E-state index in [0.29, 0.717) is 5.02 Å². The second kappa shape index (κ2) is 8.41. The van der Waals surface area contributed by atoms with Crippen LogP contribution < -0.4 is 0 Å². The molecule has 4 aromatic rings. The highest BCUT2D eigenvalue weighted by Gasteiger charge is 2.19. The molecule has 0 aliphatic rings. The van der Waals surface area contributed by atoms with Crippen molar-refractivity contribution in [1.82, 2.24) is 14.5 Å².